The van der Waals surface area contributed by atoms with E-state index in [1.54, 1.807) is 12.1 Å². The first kappa shape index (κ1) is 14.8. The molecular formula is C15H14FIN2O. The van der Waals surface area contributed by atoms with Crippen LogP contribution in [0.4, 0.5) is 14.9 Å². The van der Waals surface area contributed by atoms with Crippen LogP contribution in [0.5, 0.6) is 0 Å². The molecule has 0 unspecified atom stereocenters. The molecule has 0 aromatic heterocycles. The summed E-state index contributed by atoms with van der Waals surface area (Å²) >= 11 is 2.21. The highest BCUT2D eigenvalue weighted by atomic mass is 127. The maximum absolute atomic E-state index is 12.7. The van der Waals surface area contributed by atoms with Gasteiger partial charge in [0.25, 0.3) is 0 Å². The molecule has 5 heteroatoms. The zero-order valence-electron chi connectivity index (χ0n) is 10.7. The molecule has 0 atom stereocenters. The molecule has 2 aromatic carbocycles. The Balaban J connectivity index is 1.75. The van der Waals surface area contributed by atoms with E-state index in [4.69, 9.17) is 0 Å². The fourth-order valence-electron chi connectivity index (χ4n) is 1.68. The van der Waals surface area contributed by atoms with Crippen molar-refractivity contribution in [1.29, 1.82) is 0 Å². The zero-order chi connectivity index (χ0) is 14.4. The van der Waals surface area contributed by atoms with E-state index in [0.717, 1.165) is 14.8 Å². The number of hydrogen-bond acceptors (Lipinski definition) is 1. The lowest BCUT2D eigenvalue weighted by Gasteiger charge is -2.07. The predicted octanol–water partition coefficient (Wildman–Crippen LogP) is 3.79. The Labute approximate surface area is 130 Å². The van der Waals surface area contributed by atoms with Crippen LogP contribution in [-0.2, 0) is 6.42 Å². The molecule has 0 spiro atoms. The summed E-state index contributed by atoms with van der Waals surface area (Å²) in [5, 5.41) is 5.51. The van der Waals surface area contributed by atoms with Crippen molar-refractivity contribution in [2.45, 2.75) is 6.42 Å². The average Bonchev–Trinajstić information content (AvgIpc) is 2.44. The van der Waals surface area contributed by atoms with Crippen LogP contribution >= 0.6 is 22.6 Å². The van der Waals surface area contributed by atoms with E-state index in [1.807, 2.05) is 24.3 Å². The van der Waals surface area contributed by atoms with Gasteiger partial charge in [-0.2, -0.15) is 0 Å². The third kappa shape index (κ3) is 4.80. The Hall–Kier alpha value is -1.63. The Bertz CT molecular complexity index is 569. The van der Waals surface area contributed by atoms with E-state index < -0.39 is 0 Å². The molecule has 0 aliphatic heterocycles. The maximum Gasteiger partial charge on any atom is 0.319 e. The third-order valence-corrected chi connectivity index (χ3v) is 3.43. The lowest BCUT2D eigenvalue weighted by Crippen LogP contribution is -2.30. The first-order valence-corrected chi connectivity index (χ1v) is 7.26. The van der Waals surface area contributed by atoms with Crippen LogP contribution < -0.4 is 10.6 Å². The fourth-order valence-corrected chi connectivity index (χ4v) is 2.04. The highest BCUT2D eigenvalue weighted by Crippen LogP contribution is 2.10. The SMILES string of the molecule is O=C(NCCc1ccc(F)cc1)Nc1ccc(I)cc1. The van der Waals surface area contributed by atoms with Crippen molar-refractivity contribution in [3.8, 4) is 0 Å². The molecule has 2 rings (SSSR count). The number of hydrogen-bond donors (Lipinski definition) is 2. The number of nitrogens with one attached hydrogen (secondary N) is 2. The summed E-state index contributed by atoms with van der Waals surface area (Å²) in [5.41, 5.74) is 1.74. The second kappa shape index (κ2) is 7.23. The molecule has 0 bridgehead atoms. The van der Waals surface area contributed by atoms with Crippen LogP contribution in [0.1, 0.15) is 5.56 Å². The minimum atomic E-state index is -0.252. The van der Waals surface area contributed by atoms with E-state index in [0.29, 0.717) is 13.0 Å². The zero-order valence-corrected chi connectivity index (χ0v) is 12.9. The van der Waals surface area contributed by atoms with Crippen LogP contribution in [0.25, 0.3) is 0 Å². The molecule has 104 valence electrons. The number of anilines is 1. The first-order chi connectivity index (χ1) is 9.63. The summed E-state index contributed by atoms with van der Waals surface area (Å²) in [4.78, 5) is 11.7. The molecule has 0 saturated carbocycles. The number of carbonyl (C=O) groups excluding carboxylic acids is 1. The summed E-state index contributed by atoms with van der Waals surface area (Å²) in [7, 11) is 0. The average molecular weight is 384 g/mol. The topological polar surface area (TPSA) is 41.1 Å². The molecule has 2 aromatic rings. The van der Waals surface area contributed by atoms with Gasteiger partial charge in [0.15, 0.2) is 0 Å². The van der Waals surface area contributed by atoms with Gasteiger partial charge in [-0.1, -0.05) is 12.1 Å². The molecule has 3 nitrogen and oxygen atoms in total. The largest absolute Gasteiger partial charge is 0.338 e. The molecule has 0 fully saturated rings. The lowest BCUT2D eigenvalue weighted by atomic mass is 10.1. The molecular weight excluding hydrogens is 370 g/mol. The van der Waals surface area contributed by atoms with E-state index in [-0.39, 0.29) is 11.8 Å². The van der Waals surface area contributed by atoms with Crippen molar-refractivity contribution < 1.29 is 9.18 Å². The minimum Gasteiger partial charge on any atom is -0.338 e. The molecule has 20 heavy (non-hydrogen) atoms. The van der Waals surface area contributed by atoms with E-state index in [2.05, 4.69) is 33.2 Å². The normalized spacial score (nSPS) is 10.1. The smallest absolute Gasteiger partial charge is 0.319 e. The summed E-state index contributed by atoms with van der Waals surface area (Å²) in [6.07, 6.45) is 0.667. The molecule has 0 aliphatic carbocycles. The van der Waals surface area contributed by atoms with Crippen molar-refractivity contribution >= 4 is 34.3 Å². The molecule has 0 heterocycles. The summed E-state index contributed by atoms with van der Waals surface area (Å²) in [5.74, 6) is -0.252. The third-order valence-electron chi connectivity index (χ3n) is 2.71. The Morgan fingerprint density at radius 2 is 1.70 bits per heavy atom. The van der Waals surface area contributed by atoms with Gasteiger partial charge in [0.1, 0.15) is 5.82 Å². The lowest BCUT2D eigenvalue weighted by molar-refractivity contribution is 0.252. The summed E-state index contributed by atoms with van der Waals surface area (Å²) < 4.78 is 13.8. The highest BCUT2D eigenvalue weighted by Gasteiger charge is 2.01. The van der Waals surface area contributed by atoms with Crippen molar-refractivity contribution in [3.63, 3.8) is 0 Å². The van der Waals surface area contributed by atoms with Gasteiger partial charge in [0, 0.05) is 15.8 Å². The Kier molecular flexibility index (Phi) is 5.34. The van der Waals surface area contributed by atoms with Gasteiger partial charge in [-0.3, -0.25) is 0 Å². The number of carbonyl (C=O) groups is 1. The Morgan fingerprint density at radius 3 is 2.35 bits per heavy atom. The minimum absolute atomic E-state index is 0.242. The fraction of sp³-hybridized carbons (Fsp3) is 0.133. The van der Waals surface area contributed by atoms with Gasteiger partial charge < -0.3 is 10.6 Å². The molecule has 0 aliphatic rings. The van der Waals surface area contributed by atoms with Crippen LogP contribution in [0.2, 0.25) is 0 Å². The molecule has 2 N–H and O–H groups in total. The summed E-state index contributed by atoms with van der Waals surface area (Å²) in [6.45, 7) is 0.502. The van der Waals surface area contributed by atoms with E-state index in [1.165, 1.54) is 12.1 Å². The predicted molar refractivity (Wildman–Crippen MR) is 86.3 cm³/mol. The first-order valence-electron chi connectivity index (χ1n) is 6.18. The van der Waals surface area contributed by atoms with E-state index in [9.17, 15) is 9.18 Å². The highest BCUT2D eigenvalue weighted by molar-refractivity contribution is 14.1. The molecule has 2 amide bonds. The molecule has 0 saturated heterocycles. The quantitative estimate of drug-likeness (QED) is 0.774. The van der Waals surface area contributed by atoms with Gasteiger partial charge in [0.2, 0.25) is 0 Å². The van der Waals surface area contributed by atoms with Crippen LogP contribution in [0.15, 0.2) is 48.5 Å². The van der Waals surface area contributed by atoms with Gasteiger partial charge >= 0.3 is 6.03 Å². The van der Waals surface area contributed by atoms with Gasteiger partial charge in [0.05, 0.1) is 0 Å². The number of rotatable bonds is 4. The second-order valence-corrected chi connectivity index (χ2v) is 5.51. The van der Waals surface area contributed by atoms with Crippen LogP contribution in [0, 0.1) is 9.39 Å². The van der Waals surface area contributed by atoms with Gasteiger partial charge in [-0.15, -0.1) is 0 Å². The van der Waals surface area contributed by atoms with Crippen LogP contribution in [0.3, 0.4) is 0 Å². The van der Waals surface area contributed by atoms with Crippen LogP contribution in [-0.4, -0.2) is 12.6 Å². The number of halogens is 2. The number of amides is 2. The number of benzene rings is 2. The standard InChI is InChI=1S/C15H14FIN2O/c16-12-3-1-11(2-4-12)9-10-18-15(20)19-14-7-5-13(17)6-8-14/h1-8H,9-10H2,(H2,18,19,20). The monoisotopic (exact) mass is 384 g/mol. The molecule has 0 radical (unpaired) electrons. The Morgan fingerprint density at radius 1 is 1.05 bits per heavy atom. The number of urea groups is 1. The summed E-state index contributed by atoms with van der Waals surface area (Å²) in [6, 6.07) is 13.6. The van der Waals surface area contributed by atoms with Crippen molar-refractivity contribution in [1.82, 2.24) is 5.32 Å². The second-order valence-electron chi connectivity index (χ2n) is 4.26. The van der Waals surface area contributed by atoms with Crippen molar-refractivity contribution in [2.24, 2.45) is 0 Å². The van der Waals surface area contributed by atoms with Crippen molar-refractivity contribution in [3.05, 3.63) is 63.5 Å². The van der Waals surface area contributed by atoms with Crippen molar-refractivity contribution in [2.75, 3.05) is 11.9 Å². The van der Waals surface area contributed by atoms with Gasteiger partial charge in [-0.05, 0) is 71.0 Å². The van der Waals surface area contributed by atoms with E-state index >= 15 is 0 Å². The van der Waals surface area contributed by atoms with Gasteiger partial charge in [-0.25, -0.2) is 9.18 Å². The maximum atomic E-state index is 12.7.